The van der Waals surface area contributed by atoms with Crippen LogP contribution in [0.1, 0.15) is 18.9 Å². The predicted octanol–water partition coefficient (Wildman–Crippen LogP) is 8.32. The summed E-state index contributed by atoms with van der Waals surface area (Å²) in [5.74, 6) is 1.56. The summed E-state index contributed by atoms with van der Waals surface area (Å²) in [6, 6.07) is 35.6. The number of benzene rings is 5. The zero-order valence-corrected chi connectivity index (χ0v) is 22.0. The second-order valence-corrected chi connectivity index (χ2v) is 13.2. The number of fused-ring (bicyclic) bond motifs is 7. The fraction of sp³-hybridized carbons (Fsp3) is 0.133. The summed E-state index contributed by atoms with van der Waals surface area (Å²) in [5, 5.41) is 4.60. The van der Waals surface area contributed by atoms with E-state index in [0.29, 0.717) is 0 Å². The second kappa shape index (κ2) is 9.30. The minimum atomic E-state index is -2.83. The molecule has 1 heterocycles. The Kier molecular flexibility index (Phi) is 6.00. The SMILES string of the molecule is C[C@@H](CCc1ccccc1)OP1(=[Se])Oc2ccc3ccccc3c2-c2c(ccc3ccccc23)O1. The number of aryl methyl sites for hydroxylation is 1. The molecule has 0 fully saturated rings. The first-order valence-corrected chi connectivity index (χ1v) is 15.6. The monoisotopic (exact) mass is 544 g/mol. The van der Waals surface area contributed by atoms with Crippen LogP contribution in [0.5, 0.6) is 11.5 Å². The van der Waals surface area contributed by atoms with Crippen LogP contribution in [0.15, 0.2) is 103 Å². The molecule has 0 amide bonds. The van der Waals surface area contributed by atoms with Gasteiger partial charge in [0.05, 0.1) is 0 Å². The van der Waals surface area contributed by atoms with E-state index >= 15 is 0 Å². The first-order valence-electron chi connectivity index (χ1n) is 11.9. The summed E-state index contributed by atoms with van der Waals surface area (Å²) in [6.45, 7) is 2.09. The van der Waals surface area contributed by atoms with E-state index in [9.17, 15) is 0 Å². The van der Waals surface area contributed by atoms with E-state index in [2.05, 4.69) is 107 Å². The summed E-state index contributed by atoms with van der Waals surface area (Å²) in [6.07, 6.45) is -1.07. The predicted molar refractivity (Wildman–Crippen MR) is 146 cm³/mol. The van der Waals surface area contributed by atoms with Crippen LogP contribution in [-0.2, 0) is 10.9 Å². The zero-order valence-electron chi connectivity index (χ0n) is 19.4. The molecular weight excluding hydrogens is 518 g/mol. The fourth-order valence-electron chi connectivity index (χ4n) is 4.76. The van der Waals surface area contributed by atoms with Gasteiger partial charge in [-0.3, -0.25) is 0 Å². The molecule has 0 unspecified atom stereocenters. The minimum absolute atomic E-state index is 0.0456. The van der Waals surface area contributed by atoms with Crippen molar-refractivity contribution in [2.45, 2.75) is 25.9 Å². The van der Waals surface area contributed by atoms with Gasteiger partial charge in [0.15, 0.2) is 0 Å². The third-order valence-corrected chi connectivity index (χ3v) is 9.38. The maximum atomic E-state index is 6.62. The van der Waals surface area contributed by atoms with Crippen molar-refractivity contribution in [3.8, 4) is 22.6 Å². The van der Waals surface area contributed by atoms with Crippen LogP contribution in [-0.4, -0.2) is 21.2 Å². The van der Waals surface area contributed by atoms with E-state index in [-0.39, 0.29) is 6.10 Å². The maximum absolute atomic E-state index is 6.62. The normalized spacial score (nSPS) is 14.9. The van der Waals surface area contributed by atoms with Crippen molar-refractivity contribution in [2.75, 3.05) is 0 Å². The van der Waals surface area contributed by atoms with E-state index < -0.39 is 6.19 Å². The molecule has 5 aromatic carbocycles. The molecule has 1 atom stereocenters. The Hall–Kier alpha value is -2.87. The molecule has 0 aliphatic carbocycles. The van der Waals surface area contributed by atoms with Crippen LogP contribution in [0.25, 0.3) is 32.7 Å². The molecule has 0 bridgehead atoms. The Morgan fingerprint density at radius 3 is 1.77 bits per heavy atom. The van der Waals surface area contributed by atoms with Gasteiger partial charge in [-0.2, -0.15) is 0 Å². The van der Waals surface area contributed by atoms with Crippen LogP contribution in [0.3, 0.4) is 0 Å². The molecule has 0 saturated carbocycles. The zero-order chi connectivity index (χ0) is 23.8. The molecule has 174 valence electrons. The number of hydrogen-bond acceptors (Lipinski definition) is 3. The van der Waals surface area contributed by atoms with Gasteiger partial charge in [0.1, 0.15) is 0 Å². The summed E-state index contributed by atoms with van der Waals surface area (Å²) >= 11 is 3.18. The van der Waals surface area contributed by atoms with Crippen LogP contribution in [0.2, 0.25) is 0 Å². The third-order valence-electron chi connectivity index (χ3n) is 6.44. The van der Waals surface area contributed by atoms with Gasteiger partial charge >= 0.3 is 214 Å². The second-order valence-electron chi connectivity index (χ2n) is 8.89. The summed E-state index contributed by atoms with van der Waals surface area (Å²) in [7, 11) is 0. The Balaban J connectivity index is 1.44. The van der Waals surface area contributed by atoms with Gasteiger partial charge in [0.2, 0.25) is 0 Å². The number of hydrogen-bond donors (Lipinski definition) is 0. The van der Waals surface area contributed by atoms with Crippen LogP contribution < -0.4 is 9.05 Å². The molecule has 3 nitrogen and oxygen atoms in total. The molecule has 1 aliphatic heterocycles. The molecule has 5 aromatic rings. The van der Waals surface area contributed by atoms with E-state index in [4.69, 9.17) is 13.6 Å². The van der Waals surface area contributed by atoms with Gasteiger partial charge in [-0.05, 0) is 0 Å². The van der Waals surface area contributed by atoms with Gasteiger partial charge in [0, 0.05) is 0 Å². The topological polar surface area (TPSA) is 27.7 Å². The van der Waals surface area contributed by atoms with Crippen molar-refractivity contribution in [1.82, 2.24) is 0 Å². The molecule has 6 rings (SSSR count). The Labute approximate surface area is 213 Å². The van der Waals surface area contributed by atoms with Crippen LogP contribution in [0.4, 0.5) is 0 Å². The molecule has 0 spiro atoms. The summed E-state index contributed by atoms with van der Waals surface area (Å²) < 4.78 is 19.8. The van der Waals surface area contributed by atoms with Gasteiger partial charge in [0.25, 0.3) is 0 Å². The van der Waals surface area contributed by atoms with Crippen molar-refractivity contribution in [1.29, 1.82) is 0 Å². The van der Waals surface area contributed by atoms with Gasteiger partial charge in [-0.15, -0.1) is 0 Å². The Morgan fingerprint density at radius 2 is 1.20 bits per heavy atom. The Morgan fingerprint density at radius 1 is 0.686 bits per heavy atom. The molecule has 0 N–H and O–H groups in total. The molecule has 0 saturated heterocycles. The first-order chi connectivity index (χ1) is 17.1. The molecule has 5 heteroatoms. The molecule has 1 aliphatic rings. The molecule has 0 aromatic heterocycles. The summed E-state index contributed by atoms with van der Waals surface area (Å²) in [4.78, 5) is 0. The standard InChI is InChI=1S/C30H25O3PSe/c1-21(15-16-22-9-3-2-4-10-22)31-34(35)32-27-19-17-23-11-5-7-13-25(23)29(27)30-26-14-8-6-12-24(26)18-20-28(30)33-34/h2-14,17-21H,15-16H2,1H3/t21-/m0/s1. The van der Waals surface area contributed by atoms with Crippen molar-refractivity contribution < 1.29 is 13.6 Å². The van der Waals surface area contributed by atoms with E-state index in [1.807, 2.05) is 18.2 Å². The average molecular weight is 543 g/mol. The van der Waals surface area contributed by atoms with Crippen molar-refractivity contribution in [3.63, 3.8) is 0 Å². The summed E-state index contributed by atoms with van der Waals surface area (Å²) in [5.41, 5.74) is 3.40. The quantitative estimate of drug-likeness (QED) is 0.165. The van der Waals surface area contributed by atoms with E-state index in [0.717, 1.165) is 57.0 Å². The van der Waals surface area contributed by atoms with Crippen molar-refractivity contribution >= 4 is 42.8 Å². The molecule has 35 heavy (non-hydrogen) atoms. The van der Waals surface area contributed by atoms with Crippen molar-refractivity contribution in [3.05, 3.63) is 109 Å². The number of rotatable bonds is 5. The average Bonchev–Trinajstić information content (AvgIpc) is 3.01. The van der Waals surface area contributed by atoms with Crippen LogP contribution >= 0.6 is 6.19 Å². The first kappa shape index (κ1) is 22.6. The van der Waals surface area contributed by atoms with E-state index in [1.54, 1.807) is 0 Å². The molecular formula is C30H25O3PSe. The third kappa shape index (κ3) is 4.44. The molecule has 0 radical (unpaired) electrons. The Bertz CT molecular complexity index is 1490. The van der Waals surface area contributed by atoms with Gasteiger partial charge in [-0.25, -0.2) is 0 Å². The van der Waals surface area contributed by atoms with Gasteiger partial charge < -0.3 is 0 Å². The van der Waals surface area contributed by atoms with Gasteiger partial charge in [-0.1, -0.05) is 0 Å². The van der Waals surface area contributed by atoms with Crippen LogP contribution in [0, 0.1) is 0 Å². The van der Waals surface area contributed by atoms with Crippen molar-refractivity contribution in [2.24, 2.45) is 0 Å². The fourth-order valence-corrected chi connectivity index (χ4v) is 8.15. The van der Waals surface area contributed by atoms with E-state index in [1.165, 1.54) is 5.56 Å².